The molecule has 0 saturated carbocycles. The van der Waals surface area contributed by atoms with Crippen molar-refractivity contribution in [3.63, 3.8) is 0 Å². The Morgan fingerprint density at radius 3 is 2.84 bits per heavy atom. The molecule has 1 fully saturated rings. The minimum Gasteiger partial charge on any atom is -0.376 e. The van der Waals surface area contributed by atoms with Crippen LogP contribution in [0.4, 0.5) is 0 Å². The number of ether oxygens (including phenoxy) is 1. The highest BCUT2D eigenvalue weighted by molar-refractivity contribution is 7.80. The zero-order valence-corrected chi connectivity index (χ0v) is 12.6. The number of thiocarbonyl (C=S) groups is 1. The van der Waals surface area contributed by atoms with E-state index in [2.05, 4.69) is 22.7 Å². The number of hydrogen-bond donors (Lipinski definition) is 2. The topological polar surface area (TPSA) is 51.1 Å². The summed E-state index contributed by atoms with van der Waals surface area (Å²) in [7, 11) is 1.96. The molecular weight excluding hydrogens is 260 g/mol. The number of aryl methyl sites for hydroxylation is 2. The van der Waals surface area contributed by atoms with E-state index in [1.165, 1.54) is 11.3 Å². The summed E-state index contributed by atoms with van der Waals surface area (Å²) >= 11 is 5.28. The van der Waals surface area contributed by atoms with Crippen LogP contribution < -0.4 is 10.6 Å². The first-order chi connectivity index (χ1) is 9.08. The standard InChI is InChI=1S/C13H22N4OS/c1-9-12(10(2)17(3)16-9)8-15-13(19)14-7-11-5-4-6-18-11/h11H,4-8H2,1-3H3,(H2,14,15,19). The number of nitrogens with zero attached hydrogens (tertiary/aromatic N) is 2. The molecule has 0 amide bonds. The predicted molar refractivity (Wildman–Crippen MR) is 79.1 cm³/mol. The summed E-state index contributed by atoms with van der Waals surface area (Å²) in [6.45, 7) is 6.47. The van der Waals surface area contributed by atoms with E-state index >= 15 is 0 Å². The van der Waals surface area contributed by atoms with Crippen LogP contribution in [0.3, 0.4) is 0 Å². The van der Waals surface area contributed by atoms with Crippen molar-refractivity contribution in [1.82, 2.24) is 20.4 Å². The third kappa shape index (κ3) is 3.67. The molecule has 0 aliphatic carbocycles. The zero-order chi connectivity index (χ0) is 13.8. The van der Waals surface area contributed by atoms with E-state index in [0.29, 0.717) is 17.8 Å². The Balaban J connectivity index is 1.76. The maximum atomic E-state index is 5.54. The minimum absolute atomic E-state index is 0.307. The molecule has 0 spiro atoms. The van der Waals surface area contributed by atoms with Crippen molar-refractivity contribution in [3.8, 4) is 0 Å². The molecule has 1 aromatic rings. The van der Waals surface area contributed by atoms with Crippen molar-refractivity contribution in [1.29, 1.82) is 0 Å². The first-order valence-corrected chi connectivity index (χ1v) is 7.11. The molecule has 1 saturated heterocycles. The lowest BCUT2D eigenvalue weighted by molar-refractivity contribution is 0.114. The van der Waals surface area contributed by atoms with Crippen LogP contribution >= 0.6 is 12.2 Å². The predicted octanol–water partition coefficient (Wildman–Crippen LogP) is 1.18. The van der Waals surface area contributed by atoms with Crippen molar-refractivity contribution in [2.75, 3.05) is 13.2 Å². The van der Waals surface area contributed by atoms with Crippen LogP contribution in [0.1, 0.15) is 29.8 Å². The van der Waals surface area contributed by atoms with Gasteiger partial charge in [0.05, 0.1) is 11.8 Å². The van der Waals surface area contributed by atoms with Crippen molar-refractivity contribution in [2.45, 2.75) is 39.3 Å². The van der Waals surface area contributed by atoms with Crippen LogP contribution in [0.2, 0.25) is 0 Å². The molecule has 6 heteroatoms. The van der Waals surface area contributed by atoms with Crippen LogP contribution in [0.15, 0.2) is 0 Å². The van der Waals surface area contributed by atoms with E-state index in [0.717, 1.165) is 31.7 Å². The molecule has 1 aliphatic rings. The number of hydrogen-bond acceptors (Lipinski definition) is 3. The average molecular weight is 282 g/mol. The fourth-order valence-electron chi connectivity index (χ4n) is 2.32. The van der Waals surface area contributed by atoms with Crippen LogP contribution in [0, 0.1) is 13.8 Å². The van der Waals surface area contributed by atoms with Gasteiger partial charge in [-0.1, -0.05) is 0 Å². The highest BCUT2D eigenvalue weighted by Crippen LogP contribution is 2.12. The van der Waals surface area contributed by atoms with Crippen LogP contribution in [0.5, 0.6) is 0 Å². The lowest BCUT2D eigenvalue weighted by atomic mass is 10.2. The lowest BCUT2D eigenvalue weighted by Gasteiger charge is -2.14. The normalized spacial score (nSPS) is 18.6. The van der Waals surface area contributed by atoms with Gasteiger partial charge in [0.25, 0.3) is 0 Å². The summed E-state index contributed by atoms with van der Waals surface area (Å²) in [6, 6.07) is 0. The summed E-state index contributed by atoms with van der Waals surface area (Å²) in [6.07, 6.45) is 2.58. The summed E-state index contributed by atoms with van der Waals surface area (Å²) in [5.41, 5.74) is 3.44. The van der Waals surface area contributed by atoms with Gasteiger partial charge in [0, 0.05) is 38.0 Å². The van der Waals surface area contributed by atoms with E-state index in [1.54, 1.807) is 0 Å². The molecule has 5 nitrogen and oxygen atoms in total. The van der Waals surface area contributed by atoms with Crippen LogP contribution in [-0.4, -0.2) is 34.1 Å². The molecular formula is C13H22N4OS. The fraction of sp³-hybridized carbons (Fsp3) is 0.692. The molecule has 2 rings (SSSR count). The highest BCUT2D eigenvalue weighted by Gasteiger charge is 2.15. The second kappa shape index (κ2) is 6.34. The molecule has 1 unspecified atom stereocenters. The zero-order valence-electron chi connectivity index (χ0n) is 11.8. The second-order valence-corrected chi connectivity index (χ2v) is 5.38. The van der Waals surface area contributed by atoms with Crippen molar-refractivity contribution in [2.24, 2.45) is 7.05 Å². The maximum absolute atomic E-state index is 5.54. The quantitative estimate of drug-likeness (QED) is 0.812. The minimum atomic E-state index is 0.307. The van der Waals surface area contributed by atoms with Gasteiger partial charge in [-0.2, -0.15) is 5.10 Å². The van der Waals surface area contributed by atoms with Crippen molar-refractivity contribution in [3.05, 3.63) is 17.0 Å². The van der Waals surface area contributed by atoms with Gasteiger partial charge in [-0.3, -0.25) is 4.68 Å². The fourth-order valence-corrected chi connectivity index (χ4v) is 2.47. The van der Waals surface area contributed by atoms with Crippen LogP contribution in [-0.2, 0) is 18.3 Å². The van der Waals surface area contributed by atoms with Gasteiger partial charge in [-0.05, 0) is 38.9 Å². The Kier molecular flexibility index (Phi) is 4.76. The number of aromatic nitrogens is 2. The van der Waals surface area contributed by atoms with E-state index < -0.39 is 0 Å². The third-order valence-electron chi connectivity index (χ3n) is 3.60. The van der Waals surface area contributed by atoms with Crippen molar-refractivity contribution < 1.29 is 4.74 Å². The summed E-state index contributed by atoms with van der Waals surface area (Å²) < 4.78 is 7.44. The summed E-state index contributed by atoms with van der Waals surface area (Å²) in [4.78, 5) is 0. The van der Waals surface area contributed by atoms with Crippen LogP contribution in [0.25, 0.3) is 0 Å². The van der Waals surface area contributed by atoms with Crippen molar-refractivity contribution >= 4 is 17.3 Å². The number of nitrogens with one attached hydrogen (secondary N) is 2. The first kappa shape index (κ1) is 14.3. The molecule has 1 aliphatic heterocycles. The SMILES string of the molecule is Cc1nn(C)c(C)c1CNC(=S)NCC1CCCO1. The molecule has 2 heterocycles. The van der Waals surface area contributed by atoms with Gasteiger partial charge in [-0.25, -0.2) is 0 Å². The van der Waals surface area contributed by atoms with E-state index in [4.69, 9.17) is 17.0 Å². The molecule has 106 valence electrons. The Labute approximate surface area is 119 Å². The van der Waals surface area contributed by atoms with E-state index in [9.17, 15) is 0 Å². The second-order valence-electron chi connectivity index (χ2n) is 4.97. The smallest absolute Gasteiger partial charge is 0.166 e. The molecule has 0 bridgehead atoms. The Hall–Kier alpha value is -1.14. The van der Waals surface area contributed by atoms with Gasteiger partial charge in [0.2, 0.25) is 0 Å². The highest BCUT2D eigenvalue weighted by atomic mass is 32.1. The average Bonchev–Trinajstić information content (AvgIpc) is 2.96. The Morgan fingerprint density at radius 2 is 2.26 bits per heavy atom. The van der Waals surface area contributed by atoms with Gasteiger partial charge < -0.3 is 15.4 Å². The molecule has 0 radical (unpaired) electrons. The van der Waals surface area contributed by atoms with Gasteiger partial charge >= 0.3 is 0 Å². The molecule has 19 heavy (non-hydrogen) atoms. The third-order valence-corrected chi connectivity index (χ3v) is 3.89. The van der Waals surface area contributed by atoms with Gasteiger partial charge in [0.15, 0.2) is 5.11 Å². The van der Waals surface area contributed by atoms with E-state index in [1.807, 2.05) is 18.7 Å². The van der Waals surface area contributed by atoms with Gasteiger partial charge in [0.1, 0.15) is 0 Å². The maximum Gasteiger partial charge on any atom is 0.166 e. The van der Waals surface area contributed by atoms with Gasteiger partial charge in [-0.15, -0.1) is 0 Å². The summed E-state index contributed by atoms with van der Waals surface area (Å²) in [5.74, 6) is 0. The molecule has 0 aromatic carbocycles. The largest absolute Gasteiger partial charge is 0.376 e. The molecule has 1 aromatic heterocycles. The molecule has 1 atom stereocenters. The van der Waals surface area contributed by atoms with E-state index in [-0.39, 0.29) is 0 Å². The monoisotopic (exact) mass is 282 g/mol. The Bertz CT molecular complexity index is 452. The first-order valence-electron chi connectivity index (χ1n) is 6.70. The Morgan fingerprint density at radius 1 is 1.47 bits per heavy atom. The lowest BCUT2D eigenvalue weighted by Crippen LogP contribution is -2.39. The summed E-state index contributed by atoms with van der Waals surface area (Å²) in [5, 5.41) is 11.5. The molecule has 2 N–H and O–H groups in total. The number of rotatable bonds is 4.